The second-order valence-corrected chi connectivity index (χ2v) is 10.1. The summed E-state index contributed by atoms with van der Waals surface area (Å²) in [6.07, 6.45) is 6.06. The maximum atomic E-state index is 12.8. The average Bonchev–Trinajstić information content (AvgIpc) is 3.24. The van der Waals surface area contributed by atoms with Crippen LogP contribution in [0.5, 0.6) is 0 Å². The minimum Gasteiger partial charge on any atom is -0.359 e. The van der Waals surface area contributed by atoms with E-state index in [1.54, 1.807) is 11.3 Å². The molecule has 31 heavy (non-hydrogen) atoms. The van der Waals surface area contributed by atoms with Crippen LogP contribution in [0.3, 0.4) is 0 Å². The number of thiazole rings is 1. The molecule has 0 radical (unpaired) electrons. The van der Waals surface area contributed by atoms with E-state index in [4.69, 9.17) is 12.2 Å². The van der Waals surface area contributed by atoms with Crippen molar-refractivity contribution in [3.63, 3.8) is 0 Å². The van der Waals surface area contributed by atoms with E-state index < -0.39 is 0 Å². The van der Waals surface area contributed by atoms with Crippen molar-refractivity contribution in [2.75, 3.05) is 25.0 Å². The molecule has 1 aromatic heterocycles. The van der Waals surface area contributed by atoms with Crippen LogP contribution in [0.15, 0.2) is 41.8 Å². The van der Waals surface area contributed by atoms with Gasteiger partial charge in [-0.25, -0.2) is 4.98 Å². The molecule has 1 saturated heterocycles. The number of hydrogen-bond donors (Lipinski definition) is 2. The first-order chi connectivity index (χ1) is 14.8. The van der Waals surface area contributed by atoms with Crippen LogP contribution in [0.1, 0.15) is 67.5 Å². The number of rotatable bonds is 5. The predicted octanol–water partition coefficient (Wildman–Crippen LogP) is 5.32. The van der Waals surface area contributed by atoms with Gasteiger partial charge in [-0.15, -0.1) is 11.3 Å². The Morgan fingerprint density at radius 1 is 1.29 bits per heavy atom. The lowest BCUT2D eigenvalue weighted by molar-refractivity contribution is 0.102. The third-order valence-corrected chi connectivity index (χ3v) is 6.89. The number of anilines is 1. The molecule has 0 atom stereocenters. The predicted molar refractivity (Wildman–Crippen MR) is 134 cm³/mol. The number of allylic oxidation sites excluding steroid dienone is 1. The molecule has 1 fully saturated rings. The van der Waals surface area contributed by atoms with Gasteiger partial charge in [0.2, 0.25) is 0 Å². The molecule has 1 amide bonds. The van der Waals surface area contributed by atoms with Gasteiger partial charge < -0.3 is 15.5 Å². The summed E-state index contributed by atoms with van der Waals surface area (Å²) in [7, 11) is 0. The molecule has 3 rings (SSSR count). The maximum Gasteiger partial charge on any atom is 0.275 e. The first-order valence-corrected chi connectivity index (χ1v) is 12.1. The van der Waals surface area contributed by atoms with Crippen molar-refractivity contribution in [2.45, 2.75) is 51.9 Å². The van der Waals surface area contributed by atoms with Gasteiger partial charge in [-0.05, 0) is 49.0 Å². The van der Waals surface area contributed by atoms with E-state index in [9.17, 15) is 4.79 Å². The van der Waals surface area contributed by atoms with Crippen LogP contribution >= 0.6 is 23.6 Å². The Labute approximate surface area is 195 Å². The number of benzene rings is 1. The van der Waals surface area contributed by atoms with E-state index >= 15 is 0 Å². The number of thiocarbonyl (C=S) groups is 1. The number of likely N-dealkylation sites (tertiary alicyclic amines) is 1. The zero-order valence-electron chi connectivity index (χ0n) is 18.8. The van der Waals surface area contributed by atoms with Crippen molar-refractivity contribution in [1.82, 2.24) is 15.2 Å². The normalized spacial score (nSPS) is 15.3. The van der Waals surface area contributed by atoms with Gasteiger partial charge in [0.25, 0.3) is 5.91 Å². The van der Waals surface area contributed by atoms with Gasteiger partial charge in [-0.2, -0.15) is 0 Å². The highest BCUT2D eigenvalue weighted by Crippen LogP contribution is 2.32. The van der Waals surface area contributed by atoms with Crippen LogP contribution in [0.2, 0.25) is 0 Å². The molecule has 7 heteroatoms. The summed E-state index contributed by atoms with van der Waals surface area (Å²) in [5.74, 6) is 0.231. The average molecular weight is 457 g/mol. The third kappa shape index (κ3) is 6.14. The van der Waals surface area contributed by atoms with E-state index in [0.717, 1.165) is 53.8 Å². The smallest absolute Gasteiger partial charge is 0.275 e. The number of piperidine rings is 1. The van der Waals surface area contributed by atoms with Crippen molar-refractivity contribution in [3.05, 3.63) is 58.1 Å². The largest absolute Gasteiger partial charge is 0.359 e. The Balaban J connectivity index is 1.59. The maximum absolute atomic E-state index is 12.8. The molecule has 1 aliphatic heterocycles. The zero-order valence-corrected chi connectivity index (χ0v) is 20.4. The number of nitrogens with zero attached hydrogens (tertiary/aromatic N) is 2. The molecule has 5 nitrogen and oxygen atoms in total. The minimum atomic E-state index is -0.147. The number of amides is 1. The number of nitrogens with one attached hydrogen (secondary N) is 2. The molecular weight excluding hydrogens is 424 g/mol. The molecule has 166 valence electrons. The van der Waals surface area contributed by atoms with Crippen LogP contribution in [0, 0.1) is 0 Å². The van der Waals surface area contributed by atoms with Crippen molar-refractivity contribution in [2.24, 2.45) is 0 Å². The molecule has 0 aliphatic carbocycles. The first-order valence-electron chi connectivity index (χ1n) is 10.8. The monoisotopic (exact) mass is 456 g/mol. The fourth-order valence-electron chi connectivity index (χ4n) is 3.72. The van der Waals surface area contributed by atoms with Crippen LogP contribution in [0.25, 0.3) is 0 Å². The summed E-state index contributed by atoms with van der Waals surface area (Å²) < 4.78 is 0. The van der Waals surface area contributed by atoms with Crippen molar-refractivity contribution in [1.29, 1.82) is 0 Å². The van der Waals surface area contributed by atoms with Crippen LogP contribution in [0.4, 0.5) is 5.69 Å². The fraction of sp³-hybridized carbons (Fsp3) is 0.458. The quantitative estimate of drug-likeness (QED) is 0.471. The minimum absolute atomic E-state index is 0.0483. The van der Waals surface area contributed by atoms with Crippen LogP contribution in [-0.2, 0) is 5.41 Å². The SMILES string of the molecule is C/C=C/CNC(=S)N1CCC(c2nc(C(=O)Nc3ccccc3C(C)(C)C)cs2)CC1. The molecule has 2 aromatic rings. The summed E-state index contributed by atoms with van der Waals surface area (Å²) in [4.78, 5) is 19.8. The highest BCUT2D eigenvalue weighted by molar-refractivity contribution is 7.80. The fourth-order valence-corrected chi connectivity index (χ4v) is 4.95. The van der Waals surface area contributed by atoms with Crippen molar-refractivity contribution in [3.8, 4) is 0 Å². The molecule has 0 unspecified atom stereocenters. The van der Waals surface area contributed by atoms with Gasteiger partial charge in [-0.1, -0.05) is 51.1 Å². The summed E-state index contributed by atoms with van der Waals surface area (Å²) in [6, 6.07) is 7.97. The van der Waals surface area contributed by atoms with Crippen molar-refractivity contribution < 1.29 is 4.79 Å². The summed E-state index contributed by atoms with van der Waals surface area (Å²) in [5, 5.41) is 10.1. The van der Waals surface area contributed by atoms with Gasteiger partial charge in [0, 0.05) is 36.6 Å². The molecular formula is C24H32N4OS2. The lowest BCUT2D eigenvalue weighted by Crippen LogP contribution is -2.43. The Hall–Kier alpha value is -2.25. The molecule has 2 heterocycles. The van der Waals surface area contributed by atoms with E-state index in [1.807, 2.05) is 36.6 Å². The highest BCUT2D eigenvalue weighted by atomic mass is 32.1. The van der Waals surface area contributed by atoms with Gasteiger partial charge in [0.1, 0.15) is 5.69 Å². The Morgan fingerprint density at radius 3 is 2.68 bits per heavy atom. The summed E-state index contributed by atoms with van der Waals surface area (Å²) in [5.41, 5.74) is 2.41. The van der Waals surface area contributed by atoms with Gasteiger partial charge >= 0.3 is 0 Å². The van der Waals surface area contributed by atoms with Crippen LogP contribution in [-0.4, -0.2) is 40.5 Å². The van der Waals surface area contributed by atoms with E-state index in [0.29, 0.717) is 11.6 Å². The molecule has 1 aromatic carbocycles. The number of para-hydroxylation sites is 1. The lowest BCUT2D eigenvalue weighted by Gasteiger charge is -2.33. The Kier molecular flexibility index (Phi) is 7.84. The van der Waals surface area contributed by atoms with Gasteiger partial charge in [0.15, 0.2) is 5.11 Å². The Morgan fingerprint density at radius 2 is 2.00 bits per heavy atom. The van der Waals surface area contributed by atoms with Gasteiger partial charge in [0.05, 0.1) is 5.01 Å². The number of aromatic nitrogens is 1. The standard InChI is InChI=1S/C24H32N4OS2/c1-5-6-13-25-23(30)28-14-11-17(12-15-28)22-27-20(16-31-22)21(29)26-19-10-8-7-9-18(19)24(2,3)4/h5-10,16-17H,11-15H2,1-4H3,(H,25,30)(H,26,29)/b6-5+. The van der Waals surface area contributed by atoms with E-state index in [1.165, 1.54) is 0 Å². The highest BCUT2D eigenvalue weighted by Gasteiger charge is 2.25. The lowest BCUT2D eigenvalue weighted by atomic mass is 9.86. The number of carbonyl (C=O) groups is 1. The Bertz CT molecular complexity index is 937. The van der Waals surface area contributed by atoms with Crippen molar-refractivity contribution >= 4 is 40.3 Å². The van der Waals surface area contributed by atoms with Crippen LogP contribution < -0.4 is 10.6 Å². The second kappa shape index (κ2) is 10.4. The molecule has 0 spiro atoms. The number of hydrogen-bond acceptors (Lipinski definition) is 4. The first kappa shape index (κ1) is 23.4. The topological polar surface area (TPSA) is 57.3 Å². The molecule has 0 saturated carbocycles. The number of carbonyl (C=O) groups excluding carboxylic acids is 1. The summed E-state index contributed by atoms with van der Waals surface area (Å²) in [6.45, 7) is 11.0. The molecule has 1 aliphatic rings. The van der Waals surface area contributed by atoms with Gasteiger partial charge in [-0.3, -0.25) is 4.79 Å². The van der Waals surface area contributed by atoms with E-state index in [-0.39, 0.29) is 11.3 Å². The van der Waals surface area contributed by atoms with E-state index in [2.05, 4.69) is 53.4 Å². The second-order valence-electron chi connectivity index (χ2n) is 8.84. The third-order valence-electron chi connectivity index (χ3n) is 5.48. The molecule has 2 N–H and O–H groups in total. The zero-order chi connectivity index (χ0) is 22.4. The molecule has 0 bridgehead atoms. The summed E-state index contributed by atoms with van der Waals surface area (Å²) >= 11 is 7.08.